The van der Waals surface area contributed by atoms with Crippen LogP contribution in [0.25, 0.3) is 0 Å². The molecule has 2 fully saturated rings. The van der Waals surface area contributed by atoms with E-state index in [1.165, 1.54) is 83.5 Å². The Morgan fingerprint density at radius 1 is 0.451 bits per heavy atom. The first-order valence-electron chi connectivity index (χ1n) is 31.4. The molecule has 2 rings (SSSR count). The Balaban J connectivity index is 1.79. The Morgan fingerprint density at radius 3 is 1.34 bits per heavy atom. The van der Waals surface area contributed by atoms with E-state index in [-0.39, 0.29) is 18.9 Å². The first kappa shape index (κ1) is 74.2. The van der Waals surface area contributed by atoms with Crippen LogP contribution in [-0.2, 0) is 23.7 Å². The van der Waals surface area contributed by atoms with Crippen molar-refractivity contribution in [2.75, 3.05) is 19.8 Å². The predicted molar refractivity (Wildman–Crippen MR) is 331 cm³/mol. The zero-order valence-corrected chi connectivity index (χ0v) is 50.2. The summed E-state index contributed by atoms with van der Waals surface area (Å²) in [6.45, 7) is 2.61. The molecular formula is C68H111NO13. The first-order valence-corrected chi connectivity index (χ1v) is 31.4. The van der Waals surface area contributed by atoms with Gasteiger partial charge in [-0.3, -0.25) is 4.79 Å². The molecule has 0 radical (unpaired) electrons. The van der Waals surface area contributed by atoms with E-state index in [2.05, 4.69) is 135 Å². The van der Waals surface area contributed by atoms with E-state index >= 15 is 0 Å². The number of unbranched alkanes of at least 4 members (excludes halogenated alkanes) is 15. The van der Waals surface area contributed by atoms with Gasteiger partial charge in [-0.25, -0.2) is 0 Å². The van der Waals surface area contributed by atoms with Crippen LogP contribution in [-0.4, -0.2) is 140 Å². The number of aliphatic hydroxyl groups excluding tert-OH is 8. The molecular weight excluding hydrogens is 1040 g/mol. The molecule has 0 aliphatic carbocycles. The van der Waals surface area contributed by atoms with Gasteiger partial charge in [0.2, 0.25) is 5.91 Å². The highest BCUT2D eigenvalue weighted by Gasteiger charge is 2.51. The topological polar surface area (TPSA) is 228 Å². The number of aliphatic hydroxyl groups is 8. The van der Waals surface area contributed by atoms with Crippen LogP contribution >= 0.6 is 0 Å². The van der Waals surface area contributed by atoms with E-state index < -0.39 is 86.8 Å². The third-order valence-electron chi connectivity index (χ3n) is 14.3. The summed E-state index contributed by atoms with van der Waals surface area (Å²) in [5, 5.41) is 87.1. The van der Waals surface area contributed by atoms with E-state index in [0.717, 1.165) is 70.6 Å². The molecule has 12 atom stereocenters. The fourth-order valence-electron chi connectivity index (χ4n) is 9.31. The average Bonchev–Trinajstić information content (AvgIpc) is 3.65. The van der Waals surface area contributed by atoms with Crippen molar-refractivity contribution >= 4 is 5.91 Å². The van der Waals surface area contributed by atoms with Gasteiger partial charge in [0, 0.05) is 6.42 Å². The molecule has 14 heteroatoms. The van der Waals surface area contributed by atoms with Gasteiger partial charge in [0.1, 0.15) is 48.8 Å². The molecule has 0 bridgehead atoms. The SMILES string of the molecule is CC/C=C\C/C=C\C/C=C\C/C=C\C/C=C\C/C=C\C/C=C\C/C=C\C/C=C\CCCC(=O)NC(COC1OC(CO)C(OC2OC(CO)C(O)C(O)C2O)C(O)C1O)C(O)/C=C/CC/C=C/CCCCCCCCCCCCCCC. The van der Waals surface area contributed by atoms with Crippen LogP contribution < -0.4 is 5.32 Å². The third-order valence-corrected chi connectivity index (χ3v) is 14.3. The summed E-state index contributed by atoms with van der Waals surface area (Å²) in [6, 6.07) is -0.973. The van der Waals surface area contributed by atoms with E-state index in [1.807, 2.05) is 12.2 Å². The number of allylic oxidation sites excluding steroid dienone is 21. The molecule has 9 N–H and O–H groups in total. The van der Waals surface area contributed by atoms with Crippen LogP contribution in [0.5, 0.6) is 0 Å². The number of carbonyl (C=O) groups excluding carboxylic acids is 1. The molecule has 12 unspecified atom stereocenters. The highest BCUT2D eigenvalue weighted by Crippen LogP contribution is 2.30. The van der Waals surface area contributed by atoms with E-state index in [9.17, 15) is 45.6 Å². The third kappa shape index (κ3) is 36.1. The Morgan fingerprint density at radius 2 is 0.854 bits per heavy atom. The fourth-order valence-corrected chi connectivity index (χ4v) is 9.31. The number of amides is 1. The van der Waals surface area contributed by atoms with Gasteiger partial charge in [0.15, 0.2) is 12.6 Å². The minimum absolute atomic E-state index is 0.184. The molecule has 2 saturated heterocycles. The Bertz CT molecular complexity index is 1880. The Labute approximate surface area is 494 Å². The second-order valence-corrected chi connectivity index (χ2v) is 21.4. The summed E-state index contributed by atoms with van der Waals surface area (Å²) in [4.78, 5) is 13.3. The highest BCUT2D eigenvalue weighted by atomic mass is 16.7. The van der Waals surface area contributed by atoms with E-state index in [1.54, 1.807) is 6.08 Å². The summed E-state index contributed by atoms with van der Waals surface area (Å²) >= 11 is 0. The number of hydrogen-bond donors (Lipinski definition) is 9. The molecule has 0 aromatic carbocycles. The number of carbonyl (C=O) groups is 1. The second-order valence-electron chi connectivity index (χ2n) is 21.4. The molecule has 0 saturated carbocycles. The largest absolute Gasteiger partial charge is 0.394 e. The van der Waals surface area contributed by atoms with E-state index in [4.69, 9.17) is 18.9 Å². The number of rotatable bonds is 48. The van der Waals surface area contributed by atoms with Crippen LogP contribution in [0.3, 0.4) is 0 Å². The summed E-state index contributed by atoms with van der Waals surface area (Å²) in [5.41, 5.74) is 0. The number of nitrogens with one attached hydrogen (secondary N) is 1. The Hall–Kier alpha value is -3.87. The number of hydrogen-bond acceptors (Lipinski definition) is 13. The quantitative estimate of drug-likeness (QED) is 0.0204. The van der Waals surface area contributed by atoms with Gasteiger partial charge in [-0.2, -0.15) is 0 Å². The van der Waals surface area contributed by atoms with Crippen molar-refractivity contribution in [3.63, 3.8) is 0 Å². The molecule has 0 aromatic rings. The van der Waals surface area contributed by atoms with Crippen LogP contribution in [0, 0.1) is 0 Å². The molecule has 82 heavy (non-hydrogen) atoms. The minimum Gasteiger partial charge on any atom is -0.394 e. The maximum absolute atomic E-state index is 13.3. The van der Waals surface area contributed by atoms with Gasteiger partial charge < -0.3 is 65.1 Å². The van der Waals surface area contributed by atoms with Crippen LogP contribution in [0.4, 0.5) is 0 Å². The van der Waals surface area contributed by atoms with Crippen LogP contribution in [0.1, 0.15) is 194 Å². The van der Waals surface area contributed by atoms with Gasteiger partial charge >= 0.3 is 0 Å². The summed E-state index contributed by atoms with van der Waals surface area (Å²) in [7, 11) is 0. The lowest BCUT2D eigenvalue weighted by molar-refractivity contribution is -0.359. The monoisotopic (exact) mass is 1150 g/mol. The average molecular weight is 1150 g/mol. The smallest absolute Gasteiger partial charge is 0.220 e. The minimum atomic E-state index is -1.80. The second kappa shape index (κ2) is 51.5. The van der Waals surface area contributed by atoms with Crippen molar-refractivity contribution in [3.8, 4) is 0 Å². The predicted octanol–water partition coefficient (Wildman–Crippen LogP) is 11.6. The van der Waals surface area contributed by atoms with Crippen molar-refractivity contribution in [2.45, 2.75) is 267 Å². The fraction of sp³-hybridized carbons (Fsp3) is 0.662. The summed E-state index contributed by atoms with van der Waals surface area (Å²) < 4.78 is 22.7. The molecule has 0 spiro atoms. The standard InChI is InChI=1S/C68H111NO13/c1-3-5-7-9-11-13-15-17-19-21-23-24-25-26-27-28-29-30-31-32-34-36-38-40-42-44-46-48-50-52-60(73)69-56(57(72)51-49-47-45-43-41-39-37-35-33-22-20-18-16-14-12-10-8-6-4-2)55-79-67-65(78)63(76)66(59(54-71)81-67)82-68-64(77)62(75)61(74)58(53-70)80-68/h5,7,11,13,17,19,23-24,26-27,29-30,32,34,38,40-41,43-44,46,49,51,56-59,61-68,70-72,74-78H,3-4,6,8-10,12,14-16,18,20-22,25,28,31,33,35-37,39,42,45,47-48,50,52-55H2,1-2H3,(H,69,73)/b7-5-,13-11-,19-17-,24-23-,27-26-,30-29-,34-32-,40-38-,43-41+,46-44-,51-49+. The van der Waals surface area contributed by atoms with Gasteiger partial charge in [0.25, 0.3) is 0 Å². The van der Waals surface area contributed by atoms with Crippen molar-refractivity contribution in [2.24, 2.45) is 0 Å². The number of ether oxygens (including phenoxy) is 4. The normalized spacial score (nSPS) is 24.9. The molecule has 2 aliphatic rings. The van der Waals surface area contributed by atoms with Crippen LogP contribution in [0.2, 0.25) is 0 Å². The van der Waals surface area contributed by atoms with Crippen molar-refractivity contribution < 1.29 is 64.6 Å². The zero-order chi connectivity index (χ0) is 59.5. The molecule has 2 aliphatic heterocycles. The Kier molecular flexibility index (Phi) is 46.7. The lowest BCUT2D eigenvalue weighted by atomic mass is 9.97. The lowest BCUT2D eigenvalue weighted by Crippen LogP contribution is -2.65. The van der Waals surface area contributed by atoms with Gasteiger partial charge in [-0.05, 0) is 96.3 Å². The first-order chi connectivity index (χ1) is 40.1. The van der Waals surface area contributed by atoms with Crippen LogP contribution in [0.15, 0.2) is 134 Å². The summed E-state index contributed by atoms with van der Waals surface area (Å²) in [5.74, 6) is -0.312. The van der Waals surface area contributed by atoms with Gasteiger partial charge in [-0.15, -0.1) is 0 Å². The van der Waals surface area contributed by atoms with Gasteiger partial charge in [-0.1, -0.05) is 225 Å². The molecule has 14 nitrogen and oxygen atoms in total. The maximum Gasteiger partial charge on any atom is 0.220 e. The molecule has 0 aromatic heterocycles. The lowest BCUT2D eigenvalue weighted by Gasteiger charge is -2.46. The maximum atomic E-state index is 13.3. The van der Waals surface area contributed by atoms with Crippen molar-refractivity contribution in [1.82, 2.24) is 5.32 Å². The summed E-state index contributed by atoms with van der Waals surface area (Å²) in [6.07, 6.45) is 59.2. The molecule has 466 valence electrons. The van der Waals surface area contributed by atoms with Crippen molar-refractivity contribution in [3.05, 3.63) is 134 Å². The van der Waals surface area contributed by atoms with Gasteiger partial charge in [0.05, 0.1) is 32.0 Å². The van der Waals surface area contributed by atoms with E-state index in [0.29, 0.717) is 19.3 Å². The molecule has 1 amide bonds. The molecule has 2 heterocycles. The zero-order valence-electron chi connectivity index (χ0n) is 50.2. The van der Waals surface area contributed by atoms with Crippen molar-refractivity contribution in [1.29, 1.82) is 0 Å². The highest BCUT2D eigenvalue weighted by molar-refractivity contribution is 5.76.